The Hall–Kier alpha value is -2.53. The molecule has 0 aromatic heterocycles. The molecule has 0 spiro atoms. The summed E-state index contributed by atoms with van der Waals surface area (Å²) in [5.41, 5.74) is -0.586. The molecule has 0 fully saturated rings. The smallest absolute Gasteiger partial charge is 0.127 e. The van der Waals surface area contributed by atoms with E-state index in [-0.39, 0.29) is 23.1 Å². The van der Waals surface area contributed by atoms with Gasteiger partial charge >= 0.3 is 0 Å². The predicted molar refractivity (Wildman–Crippen MR) is 141 cm³/mol. The minimum atomic E-state index is -1.30. The molecule has 35 heavy (non-hydrogen) atoms. The molecular weight excluding hydrogens is 442 g/mol. The Morgan fingerprint density at radius 1 is 0.600 bits per heavy atom. The Balaban J connectivity index is 0.000000410. The third-order valence-electron chi connectivity index (χ3n) is 7.44. The fraction of sp³-hybridized carbons (Fsp3) is 0.400. The van der Waals surface area contributed by atoms with E-state index in [9.17, 15) is 13.2 Å². The summed E-state index contributed by atoms with van der Waals surface area (Å²) in [4.78, 5) is 0. The largest absolute Gasteiger partial charge is 0.626 e. The van der Waals surface area contributed by atoms with Crippen LogP contribution in [-0.4, -0.2) is 38.5 Å². The lowest BCUT2D eigenvalue weighted by atomic mass is 9.65. The summed E-state index contributed by atoms with van der Waals surface area (Å²) in [7, 11) is 5.70. The summed E-state index contributed by atoms with van der Waals surface area (Å²) >= 11 is 0. The number of benzene rings is 3. The molecule has 0 amide bonds. The van der Waals surface area contributed by atoms with Crippen LogP contribution in [0.25, 0.3) is 0 Å². The number of halogens is 3. The van der Waals surface area contributed by atoms with E-state index in [2.05, 4.69) is 27.7 Å². The van der Waals surface area contributed by atoms with Crippen LogP contribution in [0.5, 0.6) is 0 Å². The Labute approximate surface area is 211 Å². The lowest BCUT2D eigenvalue weighted by Gasteiger charge is -2.37. The van der Waals surface area contributed by atoms with E-state index in [1.807, 2.05) is 0 Å². The van der Waals surface area contributed by atoms with Crippen molar-refractivity contribution in [3.05, 3.63) is 107 Å². The first-order chi connectivity index (χ1) is 16.9. The van der Waals surface area contributed by atoms with E-state index in [4.69, 9.17) is 7.85 Å². The van der Waals surface area contributed by atoms with Crippen LogP contribution in [0, 0.1) is 17.5 Å². The molecule has 0 saturated heterocycles. The highest BCUT2D eigenvalue weighted by Crippen LogP contribution is 2.46. The number of hydrogen-bond donors (Lipinski definition) is 0. The van der Waals surface area contributed by atoms with Gasteiger partial charge in [-0.3, -0.25) is 6.32 Å². The third-order valence-corrected chi connectivity index (χ3v) is 7.44. The van der Waals surface area contributed by atoms with Gasteiger partial charge in [0.25, 0.3) is 0 Å². The molecule has 0 heterocycles. The SMILES string of the molecule is CC[N+](CC)(CC)CC.[B-]CCCC(c1ccccc1F)(c1ccccc1F)c1ccccc1F. The van der Waals surface area contributed by atoms with Gasteiger partial charge in [0.1, 0.15) is 17.5 Å². The van der Waals surface area contributed by atoms with E-state index in [0.717, 1.165) is 0 Å². The first-order valence-electron chi connectivity index (χ1n) is 12.7. The summed E-state index contributed by atoms with van der Waals surface area (Å²) in [5.74, 6) is -1.51. The molecule has 3 aromatic carbocycles. The molecule has 0 bridgehead atoms. The molecule has 0 aliphatic rings. The average Bonchev–Trinajstić information content (AvgIpc) is 2.89. The van der Waals surface area contributed by atoms with Crippen LogP contribution >= 0.6 is 0 Å². The molecule has 5 heteroatoms. The predicted octanol–water partition coefficient (Wildman–Crippen LogP) is 7.69. The molecule has 0 N–H and O–H groups in total. The van der Waals surface area contributed by atoms with Gasteiger partial charge in [-0.2, -0.15) is 0 Å². The standard InChI is InChI=1S/C22H18BF3.C8H20N/c23-15-7-14-22(16-8-1-4-11-19(16)24,17-9-2-5-12-20(17)25)18-10-3-6-13-21(18)26;1-5-9(6-2,7-3)8-4/h1-6,8-13H,7,14-15H2;5-8H2,1-4H3/q-1;+1. The molecule has 1 nitrogen and oxygen atoms in total. The monoisotopic (exact) mass is 480 g/mol. The Morgan fingerprint density at radius 2 is 0.914 bits per heavy atom. The zero-order valence-electron chi connectivity index (χ0n) is 21.5. The maximum absolute atomic E-state index is 14.9. The van der Waals surface area contributed by atoms with Gasteiger partial charge in [-0.05, 0) is 52.3 Å². The van der Waals surface area contributed by atoms with Gasteiger partial charge in [0, 0.05) is 16.7 Å². The highest BCUT2D eigenvalue weighted by Gasteiger charge is 2.41. The fourth-order valence-electron chi connectivity index (χ4n) is 4.97. The van der Waals surface area contributed by atoms with Gasteiger partial charge in [-0.15, -0.1) is 0 Å². The molecule has 3 aromatic rings. The second kappa shape index (κ2) is 13.5. The van der Waals surface area contributed by atoms with Crippen molar-refractivity contribution in [2.24, 2.45) is 0 Å². The molecule has 0 saturated carbocycles. The lowest BCUT2D eigenvalue weighted by Crippen LogP contribution is -2.47. The van der Waals surface area contributed by atoms with Crippen LogP contribution in [0.4, 0.5) is 13.2 Å². The Morgan fingerprint density at radius 3 is 1.14 bits per heavy atom. The zero-order valence-corrected chi connectivity index (χ0v) is 21.5. The van der Waals surface area contributed by atoms with Crippen molar-refractivity contribution in [3.8, 4) is 0 Å². The maximum atomic E-state index is 14.9. The van der Waals surface area contributed by atoms with Crippen LogP contribution in [0.1, 0.15) is 57.2 Å². The fourth-order valence-corrected chi connectivity index (χ4v) is 4.97. The van der Waals surface area contributed by atoms with Gasteiger partial charge in [-0.1, -0.05) is 61.0 Å². The highest BCUT2D eigenvalue weighted by atomic mass is 19.1. The first kappa shape index (κ1) is 28.7. The minimum Gasteiger partial charge on any atom is -0.626 e. The molecule has 0 aliphatic carbocycles. The van der Waals surface area contributed by atoms with Crippen molar-refractivity contribution in [2.75, 3.05) is 26.2 Å². The summed E-state index contributed by atoms with van der Waals surface area (Å²) < 4.78 is 45.9. The Kier molecular flexibility index (Phi) is 11.1. The molecule has 3 rings (SSSR count). The number of quaternary nitrogens is 1. The Bertz CT molecular complexity index is 921. The van der Waals surface area contributed by atoms with Crippen LogP contribution in [0.2, 0.25) is 6.32 Å². The molecule has 187 valence electrons. The van der Waals surface area contributed by atoms with Crippen LogP contribution in [-0.2, 0) is 5.41 Å². The number of rotatable bonds is 10. The summed E-state index contributed by atoms with van der Waals surface area (Å²) in [6.45, 7) is 14.2. The van der Waals surface area contributed by atoms with E-state index in [1.165, 1.54) is 48.9 Å². The van der Waals surface area contributed by atoms with Gasteiger partial charge in [-0.25, -0.2) is 13.2 Å². The normalized spacial score (nSPS) is 11.7. The van der Waals surface area contributed by atoms with Gasteiger partial charge < -0.3 is 12.3 Å². The van der Waals surface area contributed by atoms with E-state index >= 15 is 0 Å². The highest BCUT2D eigenvalue weighted by molar-refractivity contribution is 6.08. The summed E-state index contributed by atoms with van der Waals surface area (Å²) in [6, 6.07) is 18.4. The number of hydrogen-bond acceptors (Lipinski definition) is 0. The number of nitrogens with zero attached hydrogens (tertiary/aromatic N) is 1. The maximum Gasteiger partial charge on any atom is 0.127 e. The van der Waals surface area contributed by atoms with Crippen molar-refractivity contribution in [1.29, 1.82) is 0 Å². The second-order valence-corrected chi connectivity index (χ2v) is 8.84. The van der Waals surface area contributed by atoms with Crippen molar-refractivity contribution >= 4 is 7.85 Å². The van der Waals surface area contributed by atoms with E-state index in [1.54, 1.807) is 54.6 Å². The molecule has 0 unspecified atom stereocenters. The first-order valence-corrected chi connectivity index (χ1v) is 12.7. The van der Waals surface area contributed by atoms with Crippen LogP contribution in [0.15, 0.2) is 72.8 Å². The third kappa shape index (κ3) is 6.38. The minimum absolute atomic E-state index is 0.239. The van der Waals surface area contributed by atoms with Gasteiger partial charge in [0.2, 0.25) is 0 Å². The summed E-state index contributed by atoms with van der Waals surface area (Å²) in [6.07, 6.45) is 1.10. The lowest BCUT2D eigenvalue weighted by molar-refractivity contribution is -0.921. The van der Waals surface area contributed by atoms with Crippen molar-refractivity contribution in [1.82, 2.24) is 0 Å². The zero-order chi connectivity index (χ0) is 25.9. The van der Waals surface area contributed by atoms with Crippen LogP contribution < -0.4 is 0 Å². The summed E-state index contributed by atoms with van der Waals surface area (Å²) in [5, 5.41) is 0. The van der Waals surface area contributed by atoms with Crippen LogP contribution in [0.3, 0.4) is 0 Å². The van der Waals surface area contributed by atoms with Gasteiger partial charge in [0.05, 0.1) is 31.6 Å². The van der Waals surface area contributed by atoms with Crippen molar-refractivity contribution in [3.63, 3.8) is 0 Å². The quantitative estimate of drug-likeness (QED) is 0.159. The molecule has 0 aliphatic heterocycles. The van der Waals surface area contributed by atoms with E-state index in [0.29, 0.717) is 12.7 Å². The van der Waals surface area contributed by atoms with Crippen molar-refractivity contribution in [2.45, 2.75) is 52.3 Å². The molecule has 3 radical (unpaired) electrons. The van der Waals surface area contributed by atoms with Crippen molar-refractivity contribution < 1.29 is 17.7 Å². The second-order valence-electron chi connectivity index (χ2n) is 8.84. The molecule has 0 atom stereocenters. The molecular formula is C30H38BF3N. The topological polar surface area (TPSA) is 0 Å². The van der Waals surface area contributed by atoms with Gasteiger partial charge in [0.15, 0.2) is 0 Å². The average molecular weight is 480 g/mol. The van der Waals surface area contributed by atoms with E-state index < -0.39 is 22.9 Å².